The number of ether oxygens (including phenoxy) is 1. The molecule has 1 N–H and O–H groups in total. The van der Waals surface area contributed by atoms with Crippen molar-refractivity contribution >= 4 is 34.1 Å². The summed E-state index contributed by atoms with van der Waals surface area (Å²) < 4.78 is 7.79. The summed E-state index contributed by atoms with van der Waals surface area (Å²) in [6.45, 7) is 6.09. The molecule has 0 radical (unpaired) electrons. The van der Waals surface area contributed by atoms with E-state index in [0.29, 0.717) is 16.1 Å². The van der Waals surface area contributed by atoms with Gasteiger partial charge in [-0.05, 0) is 50.1 Å². The molecule has 1 amide bonds. The van der Waals surface area contributed by atoms with E-state index in [9.17, 15) is 4.79 Å². The molecule has 1 atom stereocenters. The Kier molecular flexibility index (Phi) is 7.10. The number of nitrogens with zero attached hydrogens (tertiary/aromatic N) is 4. The predicted octanol–water partition coefficient (Wildman–Crippen LogP) is 5.43. The molecule has 0 bridgehead atoms. The number of hydrogen-bond acceptors (Lipinski definition) is 7. The van der Waals surface area contributed by atoms with Crippen molar-refractivity contribution in [3.05, 3.63) is 70.9 Å². The maximum absolute atomic E-state index is 12.5. The van der Waals surface area contributed by atoms with Crippen LogP contribution in [0.5, 0.6) is 5.75 Å². The minimum atomic E-state index is -0.271. The number of para-hydroxylation sites is 1. The molecule has 4 aromatic rings. The van der Waals surface area contributed by atoms with Gasteiger partial charge in [-0.2, -0.15) is 0 Å². The van der Waals surface area contributed by atoms with Crippen molar-refractivity contribution in [3.8, 4) is 17.0 Å². The summed E-state index contributed by atoms with van der Waals surface area (Å²) in [5.74, 6) is 1.53. The first-order chi connectivity index (χ1) is 15.9. The first-order valence-electron chi connectivity index (χ1n) is 10.5. The van der Waals surface area contributed by atoms with Gasteiger partial charge in [-0.15, -0.1) is 21.5 Å². The lowest BCUT2D eigenvalue weighted by molar-refractivity contribution is -0.113. The summed E-state index contributed by atoms with van der Waals surface area (Å²) in [4.78, 5) is 17.0. The normalized spacial score (nSPS) is 11.9. The van der Waals surface area contributed by atoms with E-state index >= 15 is 0 Å². The molecule has 0 aliphatic rings. The van der Waals surface area contributed by atoms with E-state index in [1.54, 1.807) is 0 Å². The number of carbonyl (C=O) groups excluding carboxylic acids is 1. The molecule has 0 saturated carbocycles. The Morgan fingerprint density at radius 3 is 2.70 bits per heavy atom. The highest BCUT2D eigenvalue weighted by Gasteiger charge is 2.18. The monoisotopic (exact) mass is 479 g/mol. The number of nitrogens with one attached hydrogen (secondary N) is 1. The van der Waals surface area contributed by atoms with Crippen molar-refractivity contribution in [2.45, 2.75) is 32.0 Å². The van der Waals surface area contributed by atoms with Gasteiger partial charge in [0, 0.05) is 18.0 Å². The molecule has 33 heavy (non-hydrogen) atoms. The van der Waals surface area contributed by atoms with Crippen molar-refractivity contribution in [1.29, 1.82) is 0 Å². The summed E-state index contributed by atoms with van der Waals surface area (Å²) >= 11 is 2.74. The van der Waals surface area contributed by atoms with Crippen LogP contribution < -0.4 is 10.1 Å². The lowest BCUT2D eigenvalue weighted by Gasteiger charge is -2.14. The fourth-order valence-corrected chi connectivity index (χ4v) is 4.67. The second-order valence-corrected chi connectivity index (χ2v) is 9.45. The van der Waals surface area contributed by atoms with E-state index in [1.807, 2.05) is 60.3 Å². The van der Waals surface area contributed by atoms with Crippen LogP contribution in [0.2, 0.25) is 0 Å². The SMILES string of the molecule is Cc1ccc(-c2csc(NC(=O)CSc3nnc(C(C)Oc4ccccc4)n3C)n2)cc1C. The predicted molar refractivity (Wildman–Crippen MR) is 133 cm³/mol. The molecule has 0 saturated heterocycles. The summed E-state index contributed by atoms with van der Waals surface area (Å²) in [6, 6.07) is 15.8. The number of thiazole rings is 1. The van der Waals surface area contributed by atoms with Crippen LogP contribution >= 0.6 is 23.1 Å². The van der Waals surface area contributed by atoms with E-state index in [2.05, 4.69) is 46.5 Å². The van der Waals surface area contributed by atoms with Crippen LogP contribution in [0.15, 0.2) is 59.1 Å². The van der Waals surface area contributed by atoms with Crippen LogP contribution in [0.1, 0.15) is 30.0 Å². The molecule has 2 heterocycles. The minimum Gasteiger partial charge on any atom is -0.483 e. The zero-order chi connectivity index (χ0) is 23.4. The molecule has 9 heteroatoms. The van der Waals surface area contributed by atoms with Crippen molar-refractivity contribution < 1.29 is 9.53 Å². The minimum absolute atomic E-state index is 0.140. The molecule has 170 valence electrons. The number of thioether (sulfide) groups is 1. The van der Waals surface area contributed by atoms with Gasteiger partial charge in [-0.25, -0.2) is 4.98 Å². The molecule has 0 spiro atoms. The highest BCUT2D eigenvalue weighted by molar-refractivity contribution is 7.99. The van der Waals surface area contributed by atoms with Crippen LogP contribution in [0.25, 0.3) is 11.3 Å². The number of amides is 1. The van der Waals surface area contributed by atoms with Crippen LogP contribution in [-0.2, 0) is 11.8 Å². The second kappa shape index (κ2) is 10.2. The highest BCUT2D eigenvalue weighted by atomic mass is 32.2. The van der Waals surface area contributed by atoms with Gasteiger partial charge in [0.15, 0.2) is 22.2 Å². The first kappa shape index (κ1) is 23.0. The standard InChI is InChI=1S/C24H25N5O2S2/c1-15-10-11-18(12-16(15)2)20-13-32-23(25-20)26-21(30)14-33-24-28-27-22(29(24)4)17(3)31-19-8-6-5-7-9-19/h5-13,17H,14H2,1-4H3,(H,25,26,30). The van der Waals surface area contributed by atoms with E-state index in [0.717, 1.165) is 17.0 Å². The molecule has 0 aliphatic carbocycles. The molecule has 2 aromatic heterocycles. The third-order valence-electron chi connectivity index (χ3n) is 5.17. The van der Waals surface area contributed by atoms with E-state index in [1.165, 1.54) is 34.2 Å². The summed E-state index contributed by atoms with van der Waals surface area (Å²) in [6.07, 6.45) is -0.271. The number of benzene rings is 2. The molecule has 4 rings (SSSR count). The summed E-state index contributed by atoms with van der Waals surface area (Å²) in [5.41, 5.74) is 4.36. The van der Waals surface area contributed by atoms with Crippen LogP contribution in [-0.4, -0.2) is 31.4 Å². The van der Waals surface area contributed by atoms with Crippen LogP contribution in [0.4, 0.5) is 5.13 Å². The molecular weight excluding hydrogens is 454 g/mol. The van der Waals surface area contributed by atoms with E-state index in [-0.39, 0.29) is 17.8 Å². The Morgan fingerprint density at radius 2 is 1.94 bits per heavy atom. The lowest BCUT2D eigenvalue weighted by Crippen LogP contribution is -2.14. The van der Waals surface area contributed by atoms with Gasteiger partial charge in [0.2, 0.25) is 5.91 Å². The Bertz CT molecular complexity index is 1250. The Balaban J connectivity index is 1.33. The van der Waals surface area contributed by atoms with Gasteiger partial charge in [0.1, 0.15) is 5.75 Å². The second-order valence-electron chi connectivity index (χ2n) is 7.65. The van der Waals surface area contributed by atoms with Crippen molar-refractivity contribution in [2.75, 3.05) is 11.1 Å². The number of aryl methyl sites for hydroxylation is 2. The molecule has 0 fully saturated rings. The van der Waals surface area contributed by atoms with Gasteiger partial charge in [-0.3, -0.25) is 4.79 Å². The van der Waals surface area contributed by atoms with Crippen LogP contribution in [0.3, 0.4) is 0 Å². The number of aromatic nitrogens is 4. The highest BCUT2D eigenvalue weighted by Crippen LogP contribution is 2.27. The van der Waals surface area contributed by atoms with E-state index in [4.69, 9.17) is 4.74 Å². The first-order valence-corrected chi connectivity index (χ1v) is 12.3. The summed E-state index contributed by atoms with van der Waals surface area (Å²) in [5, 5.41) is 14.5. The fourth-order valence-electron chi connectivity index (χ4n) is 3.21. The molecule has 7 nitrogen and oxygen atoms in total. The zero-order valence-corrected chi connectivity index (χ0v) is 20.5. The largest absolute Gasteiger partial charge is 0.483 e. The Hall–Kier alpha value is -3.17. The average Bonchev–Trinajstić information content (AvgIpc) is 3.41. The number of hydrogen-bond donors (Lipinski definition) is 1. The van der Waals surface area contributed by atoms with Gasteiger partial charge in [-0.1, -0.05) is 42.1 Å². The average molecular weight is 480 g/mol. The maximum Gasteiger partial charge on any atom is 0.236 e. The van der Waals surface area contributed by atoms with Gasteiger partial charge < -0.3 is 14.6 Å². The van der Waals surface area contributed by atoms with Gasteiger partial charge in [0.25, 0.3) is 0 Å². The van der Waals surface area contributed by atoms with Crippen LogP contribution in [0, 0.1) is 13.8 Å². The lowest BCUT2D eigenvalue weighted by atomic mass is 10.1. The molecule has 1 unspecified atom stereocenters. The molecular formula is C24H25N5O2S2. The fraction of sp³-hybridized carbons (Fsp3) is 0.250. The van der Waals surface area contributed by atoms with Crippen molar-refractivity contribution in [2.24, 2.45) is 7.05 Å². The zero-order valence-electron chi connectivity index (χ0n) is 18.9. The number of carbonyl (C=O) groups is 1. The van der Waals surface area contributed by atoms with Gasteiger partial charge in [0.05, 0.1) is 11.4 Å². The van der Waals surface area contributed by atoms with Crippen molar-refractivity contribution in [1.82, 2.24) is 19.7 Å². The quantitative estimate of drug-likeness (QED) is 0.340. The molecule has 2 aromatic carbocycles. The third-order valence-corrected chi connectivity index (χ3v) is 6.95. The smallest absolute Gasteiger partial charge is 0.236 e. The number of rotatable bonds is 8. The number of anilines is 1. The topological polar surface area (TPSA) is 81.9 Å². The maximum atomic E-state index is 12.5. The van der Waals surface area contributed by atoms with Crippen molar-refractivity contribution in [3.63, 3.8) is 0 Å². The summed E-state index contributed by atoms with van der Waals surface area (Å²) in [7, 11) is 1.87. The third kappa shape index (κ3) is 5.61. The Morgan fingerprint density at radius 1 is 1.15 bits per heavy atom. The Labute approximate surface area is 201 Å². The molecule has 0 aliphatic heterocycles. The van der Waals surface area contributed by atoms with E-state index < -0.39 is 0 Å². The van der Waals surface area contributed by atoms with Gasteiger partial charge >= 0.3 is 0 Å².